The van der Waals surface area contributed by atoms with E-state index >= 15 is 0 Å². The van der Waals surface area contributed by atoms with Gasteiger partial charge >= 0.3 is 0 Å². The summed E-state index contributed by atoms with van der Waals surface area (Å²) in [7, 11) is 2.03. The minimum Gasteiger partial charge on any atom is -0.312 e. The molecule has 1 nitrogen and oxygen atoms in total. The van der Waals surface area contributed by atoms with Crippen molar-refractivity contribution in [1.29, 1.82) is 0 Å². The molecule has 0 aliphatic rings. The number of thiophene rings is 1. The lowest BCUT2D eigenvalue weighted by Crippen LogP contribution is -2.13. The van der Waals surface area contributed by atoms with E-state index in [-0.39, 0.29) is 0 Å². The van der Waals surface area contributed by atoms with Gasteiger partial charge in [-0.05, 0) is 32.0 Å². The molecule has 0 spiro atoms. The molecule has 0 aliphatic carbocycles. The molecule has 1 N–H and O–H groups in total. The first kappa shape index (κ1) is 9.75. The van der Waals surface area contributed by atoms with Gasteiger partial charge in [-0.1, -0.05) is 13.8 Å². The van der Waals surface area contributed by atoms with Gasteiger partial charge in [0, 0.05) is 15.8 Å². The molecule has 1 atom stereocenters. The molecule has 0 saturated heterocycles. The minimum absolute atomic E-state index is 0.551. The van der Waals surface area contributed by atoms with E-state index in [0.29, 0.717) is 6.04 Å². The van der Waals surface area contributed by atoms with Gasteiger partial charge in [0.1, 0.15) is 0 Å². The van der Waals surface area contributed by atoms with Gasteiger partial charge in [0.05, 0.1) is 0 Å². The van der Waals surface area contributed by atoms with Gasteiger partial charge in [0.25, 0.3) is 0 Å². The lowest BCUT2D eigenvalue weighted by atomic mass is 10.2. The molecule has 0 saturated carbocycles. The number of nitrogens with one attached hydrogen (secondary N) is 1. The molecule has 2 heteroatoms. The average Bonchev–Trinajstić information content (AvgIpc) is 2.55. The normalized spacial score (nSPS) is 13.2. The maximum atomic E-state index is 3.32. The molecular formula is C10H17NS. The van der Waals surface area contributed by atoms with E-state index in [4.69, 9.17) is 0 Å². The van der Waals surface area contributed by atoms with E-state index in [1.54, 1.807) is 0 Å². The molecule has 1 rings (SSSR count). The van der Waals surface area contributed by atoms with Crippen molar-refractivity contribution in [2.75, 3.05) is 7.05 Å². The molecule has 0 aliphatic heterocycles. The van der Waals surface area contributed by atoms with Crippen LogP contribution in [0.2, 0.25) is 0 Å². The van der Waals surface area contributed by atoms with Crippen molar-refractivity contribution >= 4 is 11.3 Å². The van der Waals surface area contributed by atoms with Crippen molar-refractivity contribution < 1.29 is 0 Å². The first-order valence-electron chi connectivity index (χ1n) is 4.57. The summed E-state index contributed by atoms with van der Waals surface area (Å²) < 4.78 is 0. The van der Waals surface area contributed by atoms with Crippen molar-refractivity contribution in [2.24, 2.45) is 0 Å². The van der Waals surface area contributed by atoms with Crippen LogP contribution in [0.15, 0.2) is 12.1 Å². The van der Waals surface area contributed by atoms with Crippen LogP contribution >= 0.6 is 11.3 Å². The van der Waals surface area contributed by atoms with Crippen molar-refractivity contribution in [3.05, 3.63) is 21.9 Å². The van der Waals surface area contributed by atoms with Crippen LogP contribution in [0.3, 0.4) is 0 Å². The van der Waals surface area contributed by atoms with Crippen LogP contribution in [-0.4, -0.2) is 7.05 Å². The third kappa shape index (κ3) is 2.08. The molecular weight excluding hydrogens is 166 g/mol. The Morgan fingerprint density at radius 2 is 2.17 bits per heavy atom. The molecule has 68 valence electrons. The van der Waals surface area contributed by atoms with Crippen LogP contribution in [0.4, 0.5) is 0 Å². The summed E-state index contributed by atoms with van der Waals surface area (Å²) in [6.07, 6.45) is 2.32. The quantitative estimate of drug-likeness (QED) is 0.756. The molecule has 0 aromatic carbocycles. The van der Waals surface area contributed by atoms with Crippen LogP contribution in [0.1, 0.15) is 36.1 Å². The van der Waals surface area contributed by atoms with Gasteiger partial charge in [-0.2, -0.15) is 0 Å². The summed E-state index contributed by atoms with van der Waals surface area (Å²) in [5.41, 5.74) is 0. The lowest BCUT2D eigenvalue weighted by Gasteiger charge is -2.10. The van der Waals surface area contributed by atoms with Gasteiger partial charge in [-0.25, -0.2) is 0 Å². The molecule has 0 radical (unpaired) electrons. The molecule has 12 heavy (non-hydrogen) atoms. The standard InChI is InChI=1S/C10H17NS/c1-4-8-6-7-10(12-8)9(5-2)11-3/h6-7,9,11H,4-5H2,1-3H3. The monoisotopic (exact) mass is 183 g/mol. The van der Waals surface area contributed by atoms with Crippen molar-refractivity contribution in [3.8, 4) is 0 Å². The van der Waals surface area contributed by atoms with Crippen molar-refractivity contribution in [2.45, 2.75) is 32.7 Å². The summed E-state index contributed by atoms with van der Waals surface area (Å²) in [4.78, 5) is 2.95. The lowest BCUT2D eigenvalue weighted by molar-refractivity contribution is 0.586. The fourth-order valence-electron chi connectivity index (χ4n) is 1.32. The highest BCUT2D eigenvalue weighted by Crippen LogP contribution is 2.25. The Morgan fingerprint density at radius 1 is 1.42 bits per heavy atom. The third-order valence-electron chi connectivity index (χ3n) is 2.13. The van der Waals surface area contributed by atoms with E-state index in [2.05, 4.69) is 31.3 Å². The Bertz CT molecular complexity index is 225. The van der Waals surface area contributed by atoms with Gasteiger partial charge in [-0.15, -0.1) is 11.3 Å². The van der Waals surface area contributed by atoms with Gasteiger partial charge in [0.2, 0.25) is 0 Å². The number of hydrogen-bond donors (Lipinski definition) is 1. The van der Waals surface area contributed by atoms with E-state index in [1.165, 1.54) is 16.2 Å². The molecule has 0 fully saturated rings. The van der Waals surface area contributed by atoms with Gasteiger partial charge in [0.15, 0.2) is 0 Å². The van der Waals surface area contributed by atoms with Crippen LogP contribution in [0.5, 0.6) is 0 Å². The predicted octanol–water partition coefficient (Wildman–Crippen LogP) is 2.98. The highest BCUT2D eigenvalue weighted by Gasteiger charge is 2.08. The maximum absolute atomic E-state index is 3.32. The largest absolute Gasteiger partial charge is 0.312 e. The molecule has 0 amide bonds. The molecule has 0 bridgehead atoms. The average molecular weight is 183 g/mol. The molecule has 1 unspecified atom stereocenters. The van der Waals surface area contributed by atoms with Gasteiger partial charge in [-0.3, -0.25) is 0 Å². The molecule has 1 aromatic rings. The highest BCUT2D eigenvalue weighted by molar-refractivity contribution is 7.12. The summed E-state index contributed by atoms with van der Waals surface area (Å²) in [5.74, 6) is 0. The zero-order valence-corrected chi connectivity index (χ0v) is 8.87. The van der Waals surface area contributed by atoms with Crippen molar-refractivity contribution in [1.82, 2.24) is 5.32 Å². The topological polar surface area (TPSA) is 12.0 Å². The zero-order valence-electron chi connectivity index (χ0n) is 8.05. The number of rotatable bonds is 4. The highest BCUT2D eigenvalue weighted by atomic mass is 32.1. The minimum atomic E-state index is 0.551. The summed E-state index contributed by atoms with van der Waals surface area (Å²) in [6.45, 7) is 4.42. The third-order valence-corrected chi connectivity index (χ3v) is 3.47. The SMILES string of the molecule is CCc1ccc(C(CC)NC)s1. The Morgan fingerprint density at radius 3 is 2.58 bits per heavy atom. The second-order valence-corrected chi connectivity index (χ2v) is 4.11. The number of hydrogen-bond acceptors (Lipinski definition) is 2. The predicted molar refractivity (Wildman–Crippen MR) is 55.8 cm³/mol. The molecule has 1 aromatic heterocycles. The van der Waals surface area contributed by atoms with Crippen LogP contribution in [-0.2, 0) is 6.42 Å². The Kier molecular flexibility index (Phi) is 3.76. The van der Waals surface area contributed by atoms with E-state index in [0.717, 1.165) is 6.42 Å². The molecule has 1 heterocycles. The van der Waals surface area contributed by atoms with Crippen LogP contribution in [0.25, 0.3) is 0 Å². The smallest absolute Gasteiger partial charge is 0.0409 e. The van der Waals surface area contributed by atoms with Crippen molar-refractivity contribution in [3.63, 3.8) is 0 Å². The van der Waals surface area contributed by atoms with Crippen LogP contribution < -0.4 is 5.32 Å². The van der Waals surface area contributed by atoms with E-state index < -0.39 is 0 Å². The zero-order chi connectivity index (χ0) is 8.97. The van der Waals surface area contributed by atoms with Crippen LogP contribution in [0, 0.1) is 0 Å². The Labute approximate surface area is 78.8 Å². The fourth-order valence-corrected chi connectivity index (χ4v) is 2.47. The summed E-state index contributed by atoms with van der Waals surface area (Å²) in [5, 5.41) is 3.32. The second kappa shape index (κ2) is 4.63. The second-order valence-electron chi connectivity index (χ2n) is 2.91. The maximum Gasteiger partial charge on any atom is 0.0409 e. The van der Waals surface area contributed by atoms with Gasteiger partial charge < -0.3 is 5.32 Å². The summed E-state index contributed by atoms with van der Waals surface area (Å²) in [6, 6.07) is 5.03. The Hall–Kier alpha value is -0.340. The first-order chi connectivity index (χ1) is 5.81. The van der Waals surface area contributed by atoms with E-state index in [1.807, 2.05) is 18.4 Å². The summed E-state index contributed by atoms with van der Waals surface area (Å²) >= 11 is 1.93. The first-order valence-corrected chi connectivity index (χ1v) is 5.39. The number of aryl methyl sites for hydroxylation is 1. The van der Waals surface area contributed by atoms with E-state index in [9.17, 15) is 0 Å². The fraction of sp³-hybridized carbons (Fsp3) is 0.600. The Balaban J connectivity index is 2.72.